The second-order valence-corrected chi connectivity index (χ2v) is 3.96. The van der Waals surface area contributed by atoms with E-state index in [-0.39, 0.29) is 12.5 Å². The van der Waals surface area contributed by atoms with Crippen molar-refractivity contribution in [2.45, 2.75) is 6.92 Å². The van der Waals surface area contributed by atoms with Crippen molar-refractivity contribution >= 4 is 0 Å². The third-order valence-electron chi connectivity index (χ3n) is 2.48. The normalized spacial score (nSPS) is 11.8. The monoisotopic (exact) mass is 256 g/mol. The highest BCUT2D eigenvalue weighted by atomic mass is 16.5. The van der Waals surface area contributed by atoms with E-state index in [4.69, 9.17) is 24.1 Å². The zero-order chi connectivity index (χ0) is 13.5. The van der Waals surface area contributed by atoms with Crippen molar-refractivity contribution in [3.05, 3.63) is 12.1 Å². The predicted molar refractivity (Wildman–Crippen MR) is 67.8 cm³/mol. The smallest absolute Gasteiger partial charge is 0.203 e. The molecule has 0 bridgehead atoms. The molecule has 0 saturated heterocycles. The van der Waals surface area contributed by atoms with E-state index in [1.807, 2.05) is 6.92 Å². The van der Waals surface area contributed by atoms with Gasteiger partial charge in [0.15, 0.2) is 11.5 Å². The molecule has 1 N–H and O–H groups in total. The van der Waals surface area contributed by atoms with Crippen LogP contribution in [0.5, 0.6) is 23.0 Å². The maximum absolute atomic E-state index is 8.95. The minimum absolute atomic E-state index is 0.0732. The van der Waals surface area contributed by atoms with Crippen LogP contribution in [0.15, 0.2) is 12.1 Å². The van der Waals surface area contributed by atoms with Gasteiger partial charge >= 0.3 is 0 Å². The van der Waals surface area contributed by atoms with Gasteiger partial charge in [-0.15, -0.1) is 0 Å². The summed E-state index contributed by atoms with van der Waals surface area (Å²) in [6.45, 7) is 2.41. The Balaban J connectivity index is 2.93. The molecule has 102 valence electrons. The van der Waals surface area contributed by atoms with Crippen molar-refractivity contribution in [3.8, 4) is 23.0 Å². The number of methoxy groups -OCH3 is 3. The molecule has 0 amide bonds. The van der Waals surface area contributed by atoms with Gasteiger partial charge < -0.3 is 24.1 Å². The van der Waals surface area contributed by atoms with Crippen LogP contribution in [0.2, 0.25) is 0 Å². The topological polar surface area (TPSA) is 57.2 Å². The van der Waals surface area contributed by atoms with Gasteiger partial charge in [0.25, 0.3) is 0 Å². The van der Waals surface area contributed by atoms with Gasteiger partial charge in [-0.1, -0.05) is 6.92 Å². The van der Waals surface area contributed by atoms with Crippen molar-refractivity contribution in [2.75, 3.05) is 34.5 Å². The van der Waals surface area contributed by atoms with Gasteiger partial charge in [-0.2, -0.15) is 0 Å². The summed E-state index contributed by atoms with van der Waals surface area (Å²) in [6, 6.07) is 3.46. The Labute approximate surface area is 107 Å². The number of aliphatic hydroxyl groups excluding tert-OH is 1. The molecule has 0 aliphatic heterocycles. The van der Waals surface area contributed by atoms with Gasteiger partial charge in [0.2, 0.25) is 5.75 Å². The minimum atomic E-state index is 0.0732. The van der Waals surface area contributed by atoms with Gasteiger partial charge in [-0.05, 0) is 0 Å². The van der Waals surface area contributed by atoms with E-state index in [1.54, 1.807) is 33.5 Å². The van der Waals surface area contributed by atoms with Crippen LogP contribution >= 0.6 is 0 Å². The van der Waals surface area contributed by atoms with E-state index in [9.17, 15) is 0 Å². The minimum Gasteiger partial charge on any atom is -0.493 e. The molecule has 1 rings (SSSR count). The van der Waals surface area contributed by atoms with E-state index in [0.717, 1.165) is 0 Å². The molecular formula is C13H20O5. The lowest BCUT2D eigenvalue weighted by Gasteiger charge is -2.15. The number of rotatable bonds is 7. The molecular weight excluding hydrogens is 236 g/mol. The van der Waals surface area contributed by atoms with Crippen molar-refractivity contribution in [1.82, 2.24) is 0 Å². The number of benzene rings is 1. The van der Waals surface area contributed by atoms with Crippen LogP contribution in [-0.4, -0.2) is 39.6 Å². The van der Waals surface area contributed by atoms with Crippen LogP contribution in [0, 0.1) is 5.92 Å². The first-order valence-corrected chi connectivity index (χ1v) is 5.69. The number of aliphatic hydroxyl groups is 1. The Kier molecular flexibility index (Phi) is 5.58. The predicted octanol–water partition coefficient (Wildman–Crippen LogP) is 1.72. The quantitative estimate of drug-likeness (QED) is 0.805. The molecule has 1 aromatic carbocycles. The summed E-state index contributed by atoms with van der Waals surface area (Å²) in [7, 11) is 4.66. The Morgan fingerprint density at radius 2 is 1.61 bits per heavy atom. The maximum atomic E-state index is 8.95. The Bertz CT molecular complexity index is 353. The lowest BCUT2D eigenvalue weighted by Crippen LogP contribution is -2.12. The molecule has 5 nitrogen and oxygen atoms in total. The second kappa shape index (κ2) is 6.96. The fourth-order valence-electron chi connectivity index (χ4n) is 1.43. The van der Waals surface area contributed by atoms with Crippen LogP contribution in [0.4, 0.5) is 0 Å². The summed E-state index contributed by atoms with van der Waals surface area (Å²) in [5, 5.41) is 8.95. The summed E-state index contributed by atoms with van der Waals surface area (Å²) in [4.78, 5) is 0. The number of ether oxygens (including phenoxy) is 4. The molecule has 0 saturated carbocycles. The lowest BCUT2D eigenvalue weighted by atomic mass is 10.2. The van der Waals surface area contributed by atoms with Crippen molar-refractivity contribution < 1.29 is 24.1 Å². The zero-order valence-corrected chi connectivity index (χ0v) is 11.2. The van der Waals surface area contributed by atoms with Crippen LogP contribution in [0.25, 0.3) is 0 Å². The summed E-state index contributed by atoms with van der Waals surface area (Å²) in [6.07, 6.45) is 0. The largest absolute Gasteiger partial charge is 0.493 e. The first-order chi connectivity index (χ1) is 8.65. The zero-order valence-electron chi connectivity index (χ0n) is 11.2. The average Bonchev–Trinajstić information content (AvgIpc) is 2.43. The summed E-state index contributed by atoms with van der Waals surface area (Å²) in [5.41, 5.74) is 0. The fourth-order valence-corrected chi connectivity index (χ4v) is 1.43. The van der Waals surface area contributed by atoms with E-state index < -0.39 is 0 Å². The SMILES string of the molecule is COc1cc(OCC(C)CO)cc(OC)c1OC. The number of hydrogen-bond donors (Lipinski definition) is 1. The molecule has 0 aromatic heterocycles. The molecule has 5 heteroatoms. The molecule has 1 aromatic rings. The van der Waals surface area contributed by atoms with Gasteiger partial charge in [0.05, 0.1) is 27.9 Å². The van der Waals surface area contributed by atoms with Crippen LogP contribution in [0.1, 0.15) is 6.92 Å². The molecule has 0 fully saturated rings. The van der Waals surface area contributed by atoms with E-state index in [1.165, 1.54) is 0 Å². The van der Waals surface area contributed by atoms with E-state index >= 15 is 0 Å². The fraction of sp³-hybridized carbons (Fsp3) is 0.538. The highest BCUT2D eigenvalue weighted by Crippen LogP contribution is 2.40. The summed E-state index contributed by atoms with van der Waals surface area (Å²) < 4.78 is 21.2. The lowest BCUT2D eigenvalue weighted by molar-refractivity contribution is 0.173. The molecule has 1 unspecified atom stereocenters. The Hall–Kier alpha value is -1.62. The third-order valence-corrected chi connectivity index (χ3v) is 2.48. The Morgan fingerprint density at radius 3 is 2.00 bits per heavy atom. The van der Waals surface area contributed by atoms with Gasteiger partial charge in [0.1, 0.15) is 5.75 Å². The summed E-state index contributed by atoms with van der Waals surface area (Å²) in [5.74, 6) is 2.31. The molecule has 0 radical (unpaired) electrons. The second-order valence-electron chi connectivity index (χ2n) is 3.96. The van der Waals surface area contributed by atoms with Gasteiger partial charge in [-0.3, -0.25) is 0 Å². The first kappa shape index (κ1) is 14.4. The van der Waals surface area contributed by atoms with Gasteiger partial charge in [0, 0.05) is 24.7 Å². The Morgan fingerprint density at radius 1 is 1.06 bits per heavy atom. The molecule has 18 heavy (non-hydrogen) atoms. The van der Waals surface area contributed by atoms with Gasteiger partial charge in [-0.25, -0.2) is 0 Å². The standard InChI is InChI=1S/C13H20O5/c1-9(7-14)8-18-10-5-11(15-2)13(17-4)12(6-10)16-3/h5-6,9,14H,7-8H2,1-4H3. The van der Waals surface area contributed by atoms with Crippen LogP contribution in [-0.2, 0) is 0 Å². The number of hydrogen-bond acceptors (Lipinski definition) is 5. The van der Waals surface area contributed by atoms with E-state index in [2.05, 4.69) is 0 Å². The molecule has 0 aliphatic rings. The summed E-state index contributed by atoms with van der Waals surface area (Å²) >= 11 is 0. The molecule has 0 spiro atoms. The highest BCUT2D eigenvalue weighted by Gasteiger charge is 2.14. The first-order valence-electron chi connectivity index (χ1n) is 5.69. The van der Waals surface area contributed by atoms with Crippen LogP contribution in [0.3, 0.4) is 0 Å². The highest BCUT2D eigenvalue weighted by molar-refractivity contribution is 5.55. The van der Waals surface area contributed by atoms with Crippen molar-refractivity contribution in [2.24, 2.45) is 5.92 Å². The van der Waals surface area contributed by atoms with E-state index in [0.29, 0.717) is 29.6 Å². The maximum Gasteiger partial charge on any atom is 0.203 e. The molecule has 0 aliphatic carbocycles. The van der Waals surface area contributed by atoms with Crippen LogP contribution < -0.4 is 18.9 Å². The molecule has 0 heterocycles. The van der Waals surface area contributed by atoms with Crippen molar-refractivity contribution in [3.63, 3.8) is 0 Å². The van der Waals surface area contributed by atoms with Crippen molar-refractivity contribution in [1.29, 1.82) is 0 Å². The third kappa shape index (κ3) is 3.43. The average molecular weight is 256 g/mol. The molecule has 1 atom stereocenters.